The van der Waals surface area contributed by atoms with Crippen molar-refractivity contribution in [1.29, 1.82) is 0 Å². The lowest BCUT2D eigenvalue weighted by atomic mass is 9.81. The van der Waals surface area contributed by atoms with Crippen LogP contribution in [0.25, 0.3) is 0 Å². The number of rotatable bonds is 5. The predicted octanol–water partition coefficient (Wildman–Crippen LogP) is 3.38. The van der Waals surface area contributed by atoms with Crippen molar-refractivity contribution in [2.75, 3.05) is 19.7 Å². The Kier molecular flexibility index (Phi) is 4.94. The number of fused-ring (bicyclic) bond motifs is 1. The fourth-order valence-corrected chi connectivity index (χ4v) is 4.80. The zero-order chi connectivity index (χ0) is 20.8. The predicted molar refractivity (Wildman–Crippen MR) is 95.3 cm³/mol. The number of aromatic nitrogens is 1. The number of ether oxygens (including phenoxy) is 1. The summed E-state index contributed by atoms with van der Waals surface area (Å²) in [5, 5.41) is 9.19. The number of carbonyl (C=O) groups is 2. The molecular formula is C20H23F3N2O4. The van der Waals surface area contributed by atoms with E-state index in [-0.39, 0.29) is 54.4 Å². The van der Waals surface area contributed by atoms with E-state index in [4.69, 9.17) is 4.74 Å². The molecule has 0 spiro atoms. The molecule has 9 heteroatoms. The molecule has 0 radical (unpaired) electrons. The van der Waals surface area contributed by atoms with E-state index < -0.39 is 18.1 Å². The summed E-state index contributed by atoms with van der Waals surface area (Å²) in [6.07, 6.45) is -1.28. The topological polar surface area (TPSA) is 79.7 Å². The largest absolute Gasteiger partial charge is 0.490 e. The Hall–Kier alpha value is -2.32. The molecule has 6 nitrogen and oxygen atoms in total. The Morgan fingerprint density at radius 1 is 1.28 bits per heavy atom. The van der Waals surface area contributed by atoms with Gasteiger partial charge >= 0.3 is 12.1 Å². The van der Waals surface area contributed by atoms with Crippen LogP contribution in [0, 0.1) is 23.2 Å². The third-order valence-corrected chi connectivity index (χ3v) is 6.64. The number of carboxylic acid groups (broad SMARTS) is 1. The molecule has 2 heterocycles. The van der Waals surface area contributed by atoms with Crippen LogP contribution in [0.4, 0.5) is 13.2 Å². The van der Waals surface area contributed by atoms with Gasteiger partial charge < -0.3 is 14.7 Å². The average molecular weight is 412 g/mol. The second kappa shape index (κ2) is 7.18. The molecule has 2 unspecified atom stereocenters. The van der Waals surface area contributed by atoms with Crippen molar-refractivity contribution in [1.82, 2.24) is 9.88 Å². The molecule has 1 aliphatic heterocycles. The summed E-state index contributed by atoms with van der Waals surface area (Å²) in [4.78, 5) is 29.6. The van der Waals surface area contributed by atoms with Gasteiger partial charge in [0.2, 0.25) is 5.91 Å². The average Bonchev–Trinajstić information content (AvgIpc) is 3.25. The Balaban J connectivity index is 1.32. The number of piperidine rings is 1. The molecule has 2 aliphatic carbocycles. The number of likely N-dealkylation sites (tertiary alicyclic amines) is 1. The summed E-state index contributed by atoms with van der Waals surface area (Å²) in [6.45, 7) is 1.41. The van der Waals surface area contributed by atoms with Crippen LogP contribution in [0.15, 0.2) is 18.3 Å². The second-order valence-electron chi connectivity index (χ2n) is 8.52. The number of carboxylic acids is 1. The second-order valence-corrected chi connectivity index (χ2v) is 8.52. The maximum atomic E-state index is 12.8. The molecule has 1 aromatic rings. The maximum absolute atomic E-state index is 12.8. The third kappa shape index (κ3) is 3.91. The molecule has 2 atom stereocenters. The molecule has 29 heavy (non-hydrogen) atoms. The van der Waals surface area contributed by atoms with Gasteiger partial charge in [-0.2, -0.15) is 13.2 Å². The number of nitrogens with zero attached hydrogens (tertiary/aromatic N) is 2. The first-order valence-electron chi connectivity index (χ1n) is 9.86. The number of alkyl halides is 3. The minimum atomic E-state index is -4.17. The van der Waals surface area contributed by atoms with Crippen LogP contribution < -0.4 is 4.74 Å². The Morgan fingerprint density at radius 3 is 2.66 bits per heavy atom. The highest BCUT2D eigenvalue weighted by molar-refractivity contribution is 5.88. The Bertz CT molecular complexity index is 807. The summed E-state index contributed by atoms with van der Waals surface area (Å²) < 4.78 is 44.2. The highest BCUT2D eigenvalue weighted by Gasteiger charge is 2.61. The van der Waals surface area contributed by atoms with E-state index in [1.165, 1.54) is 6.20 Å². The van der Waals surface area contributed by atoms with E-state index in [1.807, 2.05) is 0 Å². The number of amides is 1. The van der Waals surface area contributed by atoms with Crippen LogP contribution >= 0.6 is 0 Å². The van der Waals surface area contributed by atoms with Gasteiger partial charge in [-0.15, -0.1) is 0 Å². The SMILES string of the molecule is O=C(O)c1ncccc1OCC12CC1CN(C(=O)C1CCC(C(F)(F)F)CC1)C2. The van der Waals surface area contributed by atoms with Crippen molar-refractivity contribution >= 4 is 11.9 Å². The maximum Gasteiger partial charge on any atom is 0.391 e. The van der Waals surface area contributed by atoms with Crippen molar-refractivity contribution in [2.45, 2.75) is 38.3 Å². The van der Waals surface area contributed by atoms with Crippen molar-refractivity contribution in [3.63, 3.8) is 0 Å². The summed E-state index contributed by atoms with van der Waals surface area (Å²) in [5.41, 5.74) is -0.335. The molecule has 0 bridgehead atoms. The molecule has 1 amide bonds. The van der Waals surface area contributed by atoms with Gasteiger partial charge in [0.25, 0.3) is 0 Å². The molecule has 1 N–H and O–H groups in total. The van der Waals surface area contributed by atoms with E-state index in [2.05, 4.69) is 4.98 Å². The standard InChI is InChI=1S/C20H23F3N2O4/c21-20(22,23)13-5-3-12(4-6-13)17(26)25-9-14-8-19(14,10-25)11-29-15-2-1-7-24-16(15)18(27)28/h1-2,7,12-14H,3-6,8-11H2,(H,27,28). The summed E-state index contributed by atoms with van der Waals surface area (Å²) in [6, 6.07) is 3.16. The van der Waals surface area contributed by atoms with Crippen LogP contribution in [-0.2, 0) is 4.79 Å². The number of halogens is 3. The number of pyridine rings is 1. The lowest BCUT2D eigenvalue weighted by molar-refractivity contribution is -0.185. The van der Waals surface area contributed by atoms with Crippen LogP contribution in [0.2, 0.25) is 0 Å². The smallest absolute Gasteiger partial charge is 0.391 e. The molecule has 1 aromatic heterocycles. The van der Waals surface area contributed by atoms with Gasteiger partial charge in [-0.3, -0.25) is 4.79 Å². The van der Waals surface area contributed by atoms with Gasteiger partial charge in [-0.05, 0) is 50.2 Å². The molecule has 0 aromatic carbocycles. The lowest BCUT2D eigenvalue weighted by Gasteiger charge is -2.32. The normalized spacial score (nSPS) is 31.3. The molecular weight excluding hydrogens is 389 g/mol. The van der Waals surface area contributed by atoms with Crippen molar-refractivity contribution in [3.8, 4) is 5.75 Å². The minimum Gasteiger partial charge on any atom is -0.490 e. The Labute approximate surface area is 166 Å². The first-order chi connectivity index (χ1) is 13.7. The molecule has 1 saturated heterocycles. The van der Waals surface area contributed by atoms with Crippen LogP contribution in [-0.4, -0.2) is 52.7 Å². The molecule has 4 rings (SSSR count). The minimum absolute atomic E-state index is 0.0183. The quantitative estimate of drug-likeness (QED) is 0.802. The highest BCUT2D eigenvalue weighted by Crippen LogP contribution is 2.58. The molecule has 3 fully saturated rings. The van der Waals surface area contributed by atoms with Crippen LogP contribution in [0.5, 0.6) is 5.75 Å². The van der Waals surface area contributed by atoms with E-state index in [9.17, 15) is 27.9 Å². The number of hydrogen-bond donors (Lipinski definition) is 1. The summed E-state index contributed by atoms with van der Waals surface area (Å²) in [5.74, 6) is -2.34. The monoisotopic (exact) mass is 412 g/mol. The zero-order valence-corrected chi connectivity index (χ0v) is 15.8. The number of aromatic carboxylic acids is 1. The van der Waals surface area contributed by atoms with Crippen molar-refractivity contribution in [3.05, 3.63) is 24.0 Å². The van der Waals surface area contributed by atoms with E-state index >= 15 is 0 Å². The van der Waals surface area contributed by atoms with Gasteiger partial charge in [0.1, 0.15) is 0 Å². The van der Waals surface area contributed by atoms with E-state index in [0.717, 1.165) is 6.42 Å². The van der Waals surface area contributed by atoms with Crippen LogP contribution in [0.1, 0.15) is 42.6 Å². The van der Waals surface area contributed by atoms with Crippen molar-refractivity contribution < 1.29 is 32.6 Å². The fourth-order valence-electron chi connectivity index (χ4n) is 4.80. The van der Waals surface area contributed by atoms with Gasteiger partial charge in [-0.25, -0.2) is 9.78 Å². The first kappa shape index (κ1) is 20.0. The van der Waals surface area contributed by atoms with E-state index in [0.29, 0.717) is 25.6 Å². The fraction of sp³-hybridized carbons (Fsp3) is 0.650. The van der Waals surface area contributed by atoms with Gasteiger partial charge in [0, 0.05) is 30.6 Å². The Morgan fingerprint density at radius 2 is 2.00 bits per heavy atom. The molecule has 3 aliphatic rings. The summed E-state index contributed by atoms with van der Waals surface area (Å²) in [7, 11) is 0. The third-order valence-electron chi connectivity index (χ3n) is 6.64. The summed E-state index contributed by atoms with van der Waals surface area (Å²) >= 11 is 0. The van der Waals surface area contributed by atoms with Gasteiger partial charge in [0.15, 0.2) is 11.4 Å². The number of carbonyl (C=O) groups excluding carboxylic acids is 1. The van der Waals surface area contributed by atoms with Crippen LogP contribution in [0.3, 0.4) is 0 Å². The lowest BCUT2D eigenvalue weighted by Crippen LogP contribution is -2.40. The van der Waals surface area contributed by atoms with Crippen molar-refractivity contribution in [2.24, 2.45) is 23.2 Å². The van der Waals surface area contributed by atoms with E-state index in [1.54, 1.807) is 17.0 Å². The molecule has 158 valence electrons. The number of hydrogen-bond acceptors (Lipinski definition) is 4. The van der Waals surface area contributed by atoms with Gasteiger partial charge in [0.05, 0.1) is 12.5 Å². The van der Waals surface area contributed by atoms with Gasteiger partial charge in [-0.1, -0.05) is 0 Å². The zero-order valence-electron chi connectivity index (χ0n) is 15.8. The first-order valence-corrected chi connectivity index (χ1v) is 9.86. The molecule has 2 saturated carbocycles. The highest BCUT2D eigenvalue weighted by atomic mass is 19.4.